The molecule has 0 aliphatic rings. The summed E-state index contributed by atoms with van der Waals surface area (Å²) in [5, 5.41) is 3.04. The van der Waals surface area contributed by atoms with Gasteiger partial charge in [-0.05, 0) is 37.6 Å². The summed E-state index contributed by atoms with van der Waals surface area (Å²) in [5.41, 5.74) is 3.01. The molecule has 0 saturated carbocycles. The third kappa shape index (κ3) is 2.42. The topological polar surface area (TPSA) is 47.0 Å². The molecule has 2 aromatic rings. The standard InChI is InChI=1S/C14H17N3O/c1-9-7-11(5-6-12(9)18-4)14-16-10(2)8-13(15-3)17-14/h5-8H,1-4H3,(H,15,16,17). The van der Waals surface area contributed by atoms with Crippen LogP contribution in [0.3, 0.4) is 0 Å². The van der Waals surface area contributed by atoms with Gasteiger partial charge in [0.1, 0.15) is 11.6 Å². The number of aryl methyl sites for hydroxylation is 2. The highest BCUT2D eigenvalue weighted by Gasteiger charge is 2.06. The molecule has 94 valence electrons. The summed E-state index contributed by atoms with van der Waals surface area (Å²) >= 11 is 0. The van der Waals surface area contributed by atoms with Crippen molar-refractivity contribution in [1.82, 2.24) is 9.97 Å². The molecule has 1 aromatic heterocycles. The number of methoxy groups -OCH3 is 1. The molecular weight excluding hydrogens is 226 g/mol. The summed E-state index contributed by atoms with van der Waals surface area (Å²) in [6.45, 7) is 3.97. The van der Waals surface area contributed by atoms with Gasteiger partial charge in [0.2, 0.25) is 0 Å². The summed E-state index contributed by atoms with van der Waals surface area (Å²) in [6.07, 6.45) is 0. The first-order valence-electron chi connectivity index (χ1n) is 5.82. The van der Waals surface area contributed by atoms with E-state index in [2.05, 4.69) is 15.3 Å². The van der Waals surface area contributed by atoms with Crippen molar-refractivity contribution in [3.63, 3.8) is 0 Å². The molecule has 1 heterocycles. The monoisotopic (exact) mass is 243 g/mol. The third-order valence-electron chi connectivity index (χ3n) is 2.76. The highest BCUT2D eigenvalue weighted by molar-refractivity contribution is 5.60. The van der Waals surface area contributed by atoms with Crippen molar-refractivity contribution in [1.29, 1.82) is 0 Å². The maximum atomic E-state index is 5.25. The van der Waals surface area contributed by atoms with Crippen molar-refractivity contribution >= 4 is 5.82 Å². The molecule has 2 rings (SSSR count). The highest BCUT2D eigenvalue weighted by Crippen LogP contribution is 2.24. The molecule has 4 heteroatoms. The van der Waals surface area contributed by atoms with Crippen LogP contribution in [0.2, 0.25) is 0 Å². The number of rotatable bonds is 3. The maximum Gasteiger partial charge on any atom is 0.161 e. The van der Waals surface area contributed by atoms with Gasteiger partial charge >= 0.3 is 0 Å². The van der Waals surface area contributed by atoms with Crippen LogP contribution >= 0.6 is 0 Å². The van der Waals surface area contributed by atoms with Crippen LogP contribution in [0.1, 0.15) is 11.3 Å². The van der Waals surface area contributed by atoms with E-state index in [0.29, 0.717) is 0 Å². The Balaban J connectivity index is 2.48. The minimum atomic E-state index is 0.727. The Morgan fingerprint density at radius 1 is 1.11 bits per heavy atom. The Kier molecular flexibility index (Phi) is 3.46. The average molecular weight is 243 g/mol. The van der Waals surface area contributed by atoms with Gasteiger partial charge < -0.3 is 10.1 Å². The summed E-state index contributed by atoms with van der Waals surface area (Å²) in [7, 11) is 3.52. The first-order valence-corrected chi connectivity index (χ1v) is 5.82. The van der Waals surface area contributed by atoms with Crippen LogP contribution in [0.25, 0.3) is 11.4 Å². The van der Waals surface area contributed by atoms with Crippen molar-refractivity contribution in [2.45, 2.75) is 13.8 Å². The Morgan fingerprint density at radius 2 is 1.89 bits per heavy atom. The minimum absolute atomic E-state index is 0.727. The van der Waals surface area contributed by atoms with Gasteiger partial charge in [-0.3, -0.25) is 0 Å². The molecule has 0 spiro atoms. The van der Waals surface area contributed by atoms with Gasteiger partial charge in [0, 0.05) is 24.4 Å². The average Bonchev–Trinajstić information content (AvgIpc) is 2.37. The smallest absolute Gasteiger partial charge is 0.161 e. The van der Waals surface area contributed by atoms with E-state index in [-0.39, 0.29) is 0 Å². The number of nitrogens with one attached hydrogen (secondary N) is 1. The van der Waals surface area contributed by atoms with Gasteiger partial charge in [-0.2, -0.15) is 0 Å². The van der Waals surface area contributed by atoms with Crippen LogP contribution in [0.5, 0.6) is 5.75 Å². The first-order chi connectivity index (χ1) is 8.63. The SMILES string of the molecule is CNc1cc(C)nc(-c2ccc(OC)c(C)c2)n1. The van der Waals surface area contributed by atoms with E-state index in [9.17, 15) is 0 Å². The van der Waals surface area contributed by atoms with Crippen LogP contribution < -0.4 is 10.1 Å². The van der Waals surface area contributed by atoms with Gasteiger partial charge in [-0.15, -0.1) is 0 Å². The minimum Gasteiger partial charge on any atom is -0.496 e. The van der Waals surface area contributed by atoms with Crippen LogP contribution in [0.4, 0.5) is 5.82 Å². The zero-order valence-corrected chi connectivity index (χ0v) is 11.1. The summed E-state index contributed by atoms with van der Waals surface area (Å²) in [4.78, 5) is 8.91. The zero-order chi connectivity index (χ0) is 13.1. The quantitative estimate of drug-likeness (QED) is 0.900. The Hall–Kier alpha value is -2.10. The molecule has 0 atom stereocenters. The van der Waals surface area contributed by atoms with Crippen LogP contribution in [-0.2, 0) is 0 Å². The lowest BCUT2D eigenvalue weighted by molar-refractivity contribution is 0.412. The van der Waals surface area contributed by atoms with Crippen molar-refractivity contribution in [3.05, 3.63) is 35.5 Å². The van der Waals surface area contributed by atoms with E-state index in [0.717, 1.165) is 34.2 Å². The normalized spacial score (nSPS) is 10.2. The Morgan fingerprint density at radius 3 is 2.50 bits per heavy atom. The van der Waals surface area contributed by atoms with Crippen molar-refractivity contribution in [3.8, 4) is 17.1 Å². The number of aromatic nitrogens is 2. The van der Waals surface area contributed by atoms with Gasteiger partial charge in [0.15, 0.2) is 5.82 Å². The second-order valence-corrected chi connectivity index (χ2v) is 4.15. The van der Waals surface area contributed by atoms with Crippen LogP contribution in [-0.4, -0.2) is 24.1 Å². The molecule has 4 nitrogen and oxygen atoms in total. The maximum absolute atomic E-state index is 5.25. The highest BCUT2D eigenvalue weighted by atomic mass is 16.5. The summed E-state index contributed by atoms with van der Waals surface area (Å²) < 4.78 is 5.25. The van der Waals surface area contributed by atoms with E-state index in [1.807, 2.05) is 45.2 Å². The number of anilines is 1. The molecule has 0 unspecified atom stereocenters. The molecule has 0 aliphatic carbocycles. The van der Waals surface area contributed by atoms with E-state index in [1.54, 1.807) is 7.11 Å². The lowest BCUT2D eigenvalue weighted by Crippen LogP contribution is -1.99. The fourth-order valence-electron chi connectivity index (χ4n) is 1.84. The molecule has 0 saturated heterocycles. The summed E-state index contributed by atoms with van der Waals surface area (Å²) in [6, 6.07) is 7.86. The number of nitrogens with zero attached hydrogens (tertiary/aromatic N) is 2. The van der Waals surface area contributed by atoms with E-state index < -0.39 is 0 Å². The lowest BCUT2D eigenvalue weighted by atomic mass is 10.1. The molecule has 18 heavy (non-hydrogen) atoms. The van der Waals surface area contributed by atoms with Crippen molar-refractivity contribution in [2.75, 3.05) is 19.5 Å². The predicted octanol–water partition coefficient (Wildman–Crippen LogP) is 2.81. The fourth-order valence-corrected chi connectivity index (χ4v) is 1.84. The zero-order valence-electron chi connectivity index (χ0n) is 11.1. The summed E-state index contributed by atoms with van der Waals surface area (Å²) in [5.74, 6) is 2.43. The van der Waals surface area contributed by atoms with E-state index >= 15 is 0 Å². The number of hydrogen-bond donors (Lipinski definition) is 1. The van der Waals surface area contributed by atoms with Gasteiger partial charge in [-0.25, -0.2) is 9.97 Å². The first kappa shape index (κ1) is 12.4. The van der Waals surface area contributed by atoms with Crippen LogP contribution in [0, 0.1) is 13.8 Å². The van der Waals surface area contributed by atoms with E-state index in [1.165, 1.54) is 0 Å². The largest absolute Gasteiger partial charge is 0.496 e. The Bertz CT molecular complexity index is 567. The van der Waals surface area contributed by atoms with Crippen molar-refractivity contribution < 1.29 is 4.74 Å². The molecule has 0 fully saturated rings. The molecule has 0 amide bonds. The second kappa shape index (κ2) is 5.04. The number of ether oxygens (including phenoxy) is 1. The molecule has 0 aliphatic heterocycles. The van der Waals surface area contributed by atoms with Crippen LogP contribution in [0.15, 0.2) is 24.3 Å². The lowest BCUT2D eigenvalue weighted by Gasteiger charge is -2.08. The van der Waals surface area contributed by atoms with Gasteiger partial charge in [0.05, 0.1) is 7.11 Å². The molecular formula is C14H17N3O. The van der Waals surface area contributed by atoms with Gasteiger partial charge in [0.25, 0.3) is 0 Å². The molecule has 0 radical (unpaired) electrons. The number of benzene rings is 1. The fraction of sp³-hybridized carbons (Fsp3) is 0.286. The molecule has 1 N–H and O–H groups in total. The van der Waals surface area contributed by atoms with Gasteiger partial charge in [-0.1, -0.05) is 0 Å². The predicted molar refractivity (Wildman–Crippen MR) is 73.0 cm³/mol. The van der Waals surface area contributed by atoms with E-state index in [4.69, 9.17) is 4.74 Å². The molecule has 0 bridgehead atoms. The number of hydrogen-bond acceptors (Lipinski definition) is 4. The van der Waals surface area contributed by atoms with Crippen molar-refractivity contribution in [2.24, 2.45) is 0 Å². The molecule has 1 aromatic carbocycles. The third-order valence-corrected chi connectivity index (χ3v) is 2.76. The second-order valence-electron chi connectivity index (χ2n) is 4.15. The Labute approximate surface area is 107 Å².